The lowest BCUT2D eigenvalue weighted by atomic mass is 10.0. The first-order valence-corrected chi connectivity index (χ1v) is 17.1. The molecule has 0 unspecified atom stereocenters. The van der Waals surface area contributed by atoms with Crippen LogP contribution in [0.25, 0.3) is 60.9 Å². The molecule has 0 aliphatic carbocycles. The van der Waals surface area contributed by atoms with E-state index in [2.05, 4.69) is 216 Å². The number of nitrogens with zero attached hydrogens (tertiary/aromatic N) is 2. The molecule has 0 atom stereocenters. The van der Waals surface area contributed by atoms with Crippen LogP contribution in [0.3, 0.4) is 0 Å². The highest BCUT2D eigenvalue weighted by molar-refractivity contribution is 6.10. The number of para-hydroxylation sites is 2. The lowest BCUT2D eigenvalue weighted by molar-refractivity contribution is 1.18. The highest BCUT2D eigenvalue weighted by atomic mass is 15.1. The van der Waals surface area contributed by atoms with E-state index in [1.807, 2.05) is 0 Å². The third-order valence-corrected chi connectivity index (χ3v) is 9.59. The van der Waals surface area contributed by atoms with Crippen molar-refractivity contribution >= 4 is 38.9 Å². The third-order valence-electron chi connectivity index (χ3n) is 9.59. The van der Waals surface area contributed by atoms with E-state index >= 15 is 0 Å². The number of aromatic nitrogens is 1. The molecule has 1 aromatic heterocycles. The molecular weight excluding hydrogens is 605 g/mol. The van der Waals surface area contributed by atoms with Crippen LogP contribution >= 0.6 is 0 Å². The van der Waals surface area contributed by atoms with Crippen molar-refractivity contribution in [2.45, 2.75) is 0 Å². The van der Waals surface area contributed by atoms with Gasteiger partial charge < -0.3 is 9.47 Å². The van der Waals surface area contributed by atoms with Crippen LogP contribution in [-0.2, 0) is 0 Å². The van der Waals surface area contributed by atoms with Gasteiger partial charge in [0.1, 0.15) is 0 Å². The van der Waals surface area contributed by atoms with E-state index in [0.29, 0.717) is 0 Å². The van der Waals surface area contributed by atoms with E-state index in [-0.39, 0.29) is 0 Å². The van der Waals surface area contributed by atoms with Crippen LogP contribution in [0, 0.1) is 0 Å². The first-order valence-electron chi connectivity index (χ1n) is 17.1. The fourth-order valence-electron chi connectivity index (χ4n) is 7.15. The molecule has 9 aromatic rings. The summed E-state index contributed by atoms with van der Waals surface area (Å²) < 4.78 is 2.38. The largest absolute Gasteiger partial charge is 0.310 e. The van der Waals surface area contributed by atoms with Crippen LogP contribution in [0.15, 0.2) is 206 Å². The molecule has 0 bridgehead atoms. The van der Waals surface area contributed by atoms with Gasteiger partial charge in [0.2, 0.25) is 0 Å². The van der Waals surface area contributed by atoms with Gasteiger partial charge in [-0.1, -0.05) is 140 Å². The highest BCUT2D eigenvalue weighted by Crippen LogP contribution is 2.39. The van der Waals surface area contributed by atoms with E-state index in [1.165, 1.54) is 55.2 Å². The molecule has 0 aliphatic rings. The van der Waals surface area contributed by atoms with Crippen molar-refractivity contribution in [3.8, 4) is 39.1 Å². The van der Waals surface area contributed by atoms with E-state index in [0.717, 1.165) is 22.7 Å². The molecule has 0 N–H and O–H groups in total. The van der Waals surface area contributed by atoms with Crippen LogP contribution in [0.4, 0.5) is 17.1 Å². The topological polar surface area (TPSA) is 8.17 Å². The van der Waals surface area contributed by atoms with Gasteiger partial charge in [-0.05, 0) is 100 Å². The maximum Gasteiger partial charge on any atom is 0.0541 e. The fraction of sp³-hybridized carbons (Fsp3) is 0. The van der Waals surface area contributed by atoms with Crippen LogP contribution in [0.5, 0.6) is 0 Å². The lowest BCUT2D eigenvalue weighted by Gasteiger charge is -2.26. The van der Waals surface area contributed by atoms with Crippen molar-refractivity contribution in [3.63, 3.8) is 0 Å². The smallest absolute Gasteiger partial charge is 0.0541 e. The van der Waals surface area contributed by atoms with Gasteiger partial charge in [-0.25, -0.2) is 0 Å². The van der Waals surface area contributed by atoms with Crippen LogP contribution < -0.4 is 4.90 Å². The summed E-state index contributed by atoms with van der Waals surface area (Å²) in [4.78, 5) is 2.34. The van der Waals surface area contributed by atoms with Crippen molar-refractivity contribution < 1.29 is 0 Å². The zero-order valence-electron chi connectivity index (χ0n) is 27.5. The molecule has 0 saturated heterocycles. The summed E-state index contributed by atoms with van der Waals surface area (Å²) in [6.07, 6.45) is 0. The molecule has 0 aliphatic heterocycles. The number of hydrogen-bond acceptors (Lipinski definition) is 1. The zero-order valence-corrected chi connectivity index (χ0v) is 27.5. The molecule has 0 spiro atoms. The van der Waals surface area contributed by atoms with Gasteiger partial charge in [-0.15, -0.1) is 0 Å². The van der Waals surface area contributed by atoms with E-state index < -0.39 is 0 Å². The Labute approximate surface area is 292 Å². The van der Waals surface area contributed by atoms with E-state index in [9.17, 15) is 0 Å². The monoisotopic (exact) mass is 638 g/mol. The fourth-order valence-corrected chi connectivity index (χ4v) is 7.15. The number of hydrogen-bond donors (Lipinski definition) is 0. The molecule has 1 heterocycles. The Morgan fingerprint density at radius 2 is 0.740 bits per heavy atom. The highest BCUT2D eigenvalue weighted by Gasteiger charge is 2.16. The number of anilines is 3. The van der Waals surface area contributed by atoms with Gasteiger partial charge in [0, 0.05) is 33.5 Å². The van der Waals surface area contributed by atoms with Gasteiger partial charge in [-0.3, -0.25) is 0 Å². The Kier molecular flexibility index (Phi) is 7.53. The molecule has 0 radical (unpaired) electrons. The summed E-state index contributed by atoms with van der Waals surface area (Å²) >= 11 is 0. The molecule has 0 fully saturated rings. The predicted octanol–water partition coefficient (Wildman–Crippen LogP) is 13.3. The summed E-state index contributed by atoms with van der Waals surface area (Å²) in [5.41, 5.74) is 14.1. The van der Waals surface area contributed by atoms with E-state index in [1.54, 1.807) is 0 Å². The quantitative estimate of drug-likeness (QED) is 0.169. The maximum absolute atomic E-state index is 2.38. The molecular formula is C48H34N2. The predicted molar refractivity (Wildman–Crippen MR) is 212 cm³/mol. The average Bonchev–Trinajstić information content (AvgIpc) is 3.53. The molecule has 0 saturated carbocycles. The Hall–Kier alpha value is -6.64. The van der Waals surface area contributed by atoms with Crippen LogP contribution in [0.1, 0.15) is 0 Å². The summed E-state index contributed by atoms with van der Waals surface area (Å²) in [6, 6.07) is 74.0. The zero-order chi connectivity index (χ0) is 33.3. The van der Waals surface area contributed by atoms with Gasteiger partial charge in [-0.2, -0.15) is 0 Å². The van der Waals surface area contributed by atoms with E-state index in [4.69, 9.17) is 0 Å². The van der Waals surface area contributed by atoms with Crippen molar-refractivity contribution in [3.05, 3.63) is 206 Å². The third kappa shape index (κ3) is 5.43. The van der Waals surface area contributed by atoms with Gasteiger partial charge in [0.25, 0.3) is 0 Å². The van der Waals surface area contributed by atoms with Crippen molar-refractivity contribution in [2.24, 2.45) is 0 Å². The summed E-state index contributed by atoms with van der Waals surface area (Å²) in [5, 5.41) is 2.49. The first kappa shape index (κ1) is 29.5. The second-order valence-corrected chi connectivity index (χ2v) is 12.6. The summed E-state index contributed by atoms with van der Waals surface area (Å²) in [7, 11) is 0. The minimum atomic E-state index is 1.11. The second kappa shape index (κ2) is 12.8. The van der Waals surface area contributed by atoms with Crippen molar-refractivity contribution in [2.75, 3.05) is 4.90 Å². The molecule has 2 nitrogen and oxygen atoms in total. The Balaban J connectivity index is 1.12. The molecule has 236 valence electrons. The van der Waals surface area contributed by atoms with Gasteiger partial charge >= 0.3 is 0 Å². The van der Waals surface area contributed by atoms with Gasteiger partial charge in [0.05, 0.1) is 11.0 Å². The van der Waals surface area contributed by atoms with Crippen molar-refractivity contribution in [1.29, 1.82) is 0 Å². The minimum Gasteiger partial charge on any atom is -0.310 e. The normalized spacial score (nSPS) is 11.2. The Morgan fingerprint density at radius 1 is 0.280 bits per heavy atom. The Bertz CT molecular complexity index is 2550. The number of benzene rings is 8. The van der Waals surface area contributed by atoms with Crippen LogP contribution in [0.2, 0.25) is 0 Å². The lowest BCUT2D eigenvalue weighted by Crippen LogP contribution is -2.09. The summed E-state index contributed by atoms with van der Waals surface area (Å²) in [6.45, 7) is 0. The SMILES string of the molecule is c1ccc(-c2ccc(N(c3ccccc3)c3cccc(-c4ccc5c(c4)c4ccccc4n5-c4ccc(-c5ccccc5)cc4)c3)cc2)cc1. The second-order valence-electron chi connectivity index (χ2n) is 12.6. The number of fused-ring (bicyclic) bond motifs is 3. The standard InChI is InChI=1S/C48H34N2/c1-4-13-35(14-5-1)37-23-28-42(29-24-37)49(41-18-8-3-9-19-41)44-20-12-17-39(33-44)40-27-32-48-46(34-40)45-21-10-11-22-47(45)50(48)43-30-25-38(26-31-43)36-15-6-2-7-16-36/h1-34H. The molecule has 2 heteroatoms. The first-order chi connectivity index (χ1) is 24.8. The Morgan fingerprint density at radius 3 is 1.42 bits per heavy atom. The van der Waals surface area contributed by atoms with Crippen molar-refractivity contribution in [1.82, 2.24) is 4.57 Å². The van der Waals surface area contributed by atoms with Crippen LogP contribution in [-0.4, -0.2) is 4.57 Å². The van der Waals surface area contributed by atoms with Gasteiger partial charge in [0.15, 0.2) is 0 Å². The molecule has 8 aromatic carbocycles. The molecule has 0 amide bonds. The molecule has 9 rings (SSSR count). The minimum absolute atomic E-state index is 1.11. The number of rotatable bonds is 7. The summed E-state index contributed by atoms with van der Waals surface area (Å²) in [5.74, 6) is 0. The average molecular weight is 639 g/mol. The maximum atomic E-state index is 2.38. The molecule has 50 heavy (non-hydrogen) atoms.